The molecule has 4 rings (SSSR count). The Morgan fingerprint density at radius 2 is 1.72 bits per heavy atom. The number of hydrogen-bond donors (Lipinski definition) is 0. The number of halogens is 1. The van der Waals surface area contributed by atoms with Gasteiger partial charge in [0.15, 0.2) is 26.9 Å². The molecular formula is C17H15ClN4O2S. The zero-order chi connectivity index (χ0) is 17.4. The molecule has 0 saturated carbocycles. The fourth-order valence-corrected chi connectivity index (χ4v) is 4.43. The van der Waals surface area contributed by atoms with E-state index in [4.69, 9.17) is 11.6 Å². The first-order chi connectivity index (χ1) is 12.1. The summed E-state index contributed by atoms with van der Waals surface area (Å²) in [5.74, 6) is 1.36. The lowest BCUT2D eigenvalue weighted by Crippen LogP contribution is -2.42. The first kappa shape index (κ1) is 16.4. The summed E-state index contributed by atoms with van der Waals surface area (Å²) in [4.78, 5) is 0.292. The van der Waals surface area contributed by atoms with Gasteiger partial charge in [-0.15, -0.1) is 14.5 Å². The Kier molecular flexibility index (Phi) is 4.16. The summed E-state index contributed by atoms with van der Waals surface area (Å²) in [5.41, 5.74) is 0.905. The molecule has 2 heterocycles. The minimum absolute atomic E-state index is 0.206. The molecule has 25 heavy (non-hydrogen) atoms. The number of sulfonamides is 1. The van der Waals surface area contributed by atoms with Crippen molar-refractivity contribution < 1.29 is 8.76 Å². The molecule has 0 bridgehead atoms. The molecule has 8 heteroatoms. The molecule has 0 spiro atoms. The van der Waals surface area contributed by atoms with Crippen molar-refractivity contribution in [3.8, 4) is 11.4 Å². The van der Waals surface area contributed by atoms with Gasteiger partial charge in [-0.1, -0.05) is 34.0 Å². The van der Waals surface area contributed by atoms with Gasteiger partial charge in [-0.05, 0) is 36.4 Å². The lowest BCUT2D eigenvalue weighted by atomic mass is 10.2. The van der Waals surface area contributed by atoms with Crippen LogP contribution in [0.25, 0.3) is 11.4 Å². The Balaban J connectivity index is 1.63. The highest BCUT2D eigenvalue weighted by Gasteiger charge is 2.35. The van der Waals surface area contributed by atoms with Gasteiger partial charge in [-0.25, -0.2) is 0 Å². The normalized spacial score (nSPS) is 17.0. The predicted molar refractivity (Wildman–Crippen MR) is 94.4 cm³/mol. The van der Waals surface area contributed by atoms with Crippen LogP contribution in [-0.2, 0) is 27.7 Å². The van der Waals surface area contributed by atoms with Crippen LogP contribution in [0.5, 0.6) is 0 Å². The first-order valence-electron chi connectivity index (χ1n) is 7.79. The fraction of sp³-hybridized carbons (Fsp3) is 0.176. The average molecular weight is 375 g/mol. The van der Waals surface area contributed by atoms with Gasteiger partial charge in [0.2, 0.25) is 0 Å². The monoisotopic (exact) mass is 374 g/mol. The Labute approximate surface area is 151 Å². The van der Waals surface area contributed by atoms with Crippen molar-refractivity contribution >= 4 is 22.0 Å². The Bertz CT molecular complexity index is 943. The molecule has 0 saturated heterocycles. The molecule has 0 N–H and O–H groups in total. The molecule has 1 aliphatic heterocycles. The van der Waals surface area contributed by atoms with Crippen LogP contribution in [0.15, 0.2) is 59.5 Å². The quantitative estimate of drug-likeness (QED) is 0.660. The molecule has 1 aliphatic rings. The second-order valence-corrected chi connectivity index (χ2v) is 8.12. The molecule has 0 radical (unpaired) electrons. The molecule has 0 fully saturated rings. The van der Waals surface area contributed by atoms with E-state index in [1.807, 2.05) is 16.7 Å². The van der Waals surface area contributed by atoms with Crippen LogP contribution < -0.4 is 0 Å². The maximum atomic E-state index is 12.8. The van der Waals surface area contributed by atoms with Crippen molar-refractivity contribution in [3.63, 3.8) is 0 Å². The summed E-state index contributed by atoms with van der Waals surface area (Å²) in [6.07, 6.45) is 0. The second-order valence-electron chi connectivity index (χ2n) is 5.75. The standard InChI is InChI=1S/C17H15ClN4O2S/c18-14-8-6-13(7-9-14)17-20-19-16-12-21(10-11-22(16)17)25(23,24)15-4-2-1-3-5-15/h1-9H,10-12H2. The van der Waals surface area contributed by atoms with Gasteiger partial charge in [-0.3, -0.25) is 0 Å². The number of rotatable bonds is 3. The number of aromatic nitrogens is 3. The van der Waals surface area contributed by atoms with Crippen molar-refractivity contribution in [1.82, 2.24) is 19.1 Å². The highest BCUT2D eigenvalue weighted by atomic mass is 35.5. The van der Waals surface area contributed by atoms with Crippen LogP contribution in [0.3, 0.4) is 0 Å². The maximum absolute atomic E-state index is 12.8. The third kappa shape index (κ3) is 3.00. The molecule has 6 nitrogen and oxygen atoms in total. The van der Waals surface area contributed by atoms with Crippen molar-refractivity contribution in [3.05, 3.63) is 65.4 Å². The van der Waals surface area contributed by atoms with Gasteiger partial charge in [0.1, 0.15) is 6.54 Å². The van der Waals surface area contributed by atoms with Crippen LogP contribution in [-0.4, -0.2) is 30.2 Å². The minimum atomic E-state index is -3.53. The van der Waals surface area contributed by atoms with Gasteiger partial charge in [-0.2, -0.15) is 0 Å². The van der Waals surface area contributed by atoms with Crippen molar-refractivity contribution in [2.24, 2.45) is 0 Å². The Morgan fingerprint density at radius 1 is 1.00 bits per heavy atom. The third-order valence-electron chi connectivity index (χ3n) is 4.20. The zero-order valence-corrected chi connectivity index (χ0v) is 14.8. The molecule has 3 aromatic rings. The third-order valence-corrected chi connectivity index (χ3v) is 6.31. The molecule has 2 aromatic carbocycles. The molecule has 1 unspecified atom stereocenters. The van der Waals surface area contributed by atoms with E-state index < -0.39 is 10.4 Å². The molecule has 128 valence electrons. The van der Waals surface area contributed by atoms with E-state index in [0.717, 1.165) is 11.4 Å². The van der Waals surface area contributed by atoms with Gasteiger partial charge in [0, 0.05) is 17.1 Å². The van der Waals surface area contributed by atoms with Crippen molar-refractivity contribution in [2.45, 2.75) is 18.0 Å². The van der Waals surface area contributed by atoms with E-state index in [9.17, 15) is 8.76 Å². The van der Waals surface area contributed by atoms with Gasteiger partial charge >= 0.3 is 0 Å². The summed E-state index contributed by atoms with van der Waals surface area (Å²) >= 11 is 5.93. The molecule has 0 aliphatic carbocycles. The van der Waals surface area contributed by atoms with E-state index in [-0.39, 0.29) is 6.54 Å². The SMILES string of the molecule is O=[S+]([O-])(c1ccccc1)N1CCn2c(nnc2-c2ccc(Cl)cc2)C1. The van der Waals surface area contributed by atoms with Gasteiger partial charge < -0.3 is 9.12 Å². The summed E-state index contributed by atoms with van der Waals surface area (Å²) in [6, 6.07) is 15.8. The first-order valence-corrected chi connectivity index (χ1v) is 9.61. The lowest BCUT2D eigenvalue weighted by Gasteiger charge is -2.30. The van der Waals surface area contributed by atoms with E-state index in [2.05, 4.69) is 10.2 Å². The van der Waals surface area contributed by atoms with Crippen LogP contribution in [0, 0.1) is 0 Å². The fourth-order valence-electron chi connectivity index (χ4n) is 2.89. The summed E-state index contributed by atoms with van der Waals surface area (Å²) in [7, 11) is -3.53. The highest BCUT2D eigenvalue weighted by Crippen LogP contribution is 2.28. The number of benzene rings is 2. The summed E-state index contributed by atoms with van der Waals surface area (Å²) in [5, 5.41) is 9.08. The second kappa shape index (κ2) is 6.34. The van der Waals surface area contributed by atoms with E-state index in [1.54, 1.807) is 42.5 Å². The van der Waals surface area contributed by atoms with Gasteiger partial charge in [0.25, 0.3) is 0 Å². The Morgan fingerprint density at radius 3 is 2.44 bits per heavy atom. The Hall–Kier alpha value is -2.06. The molecule has 1 aromatic heterocycles. The zero-order valence-electron chi connectivity index (χ0n) is 13.2. The van der Waals surface area contributed by atoms with Crippen LogP contribution >= 0.6 is 11.6 Å². The van der Waals surface area contributed by atoms with Gasteiger partial charge in [0.05, 0.1) is 6.54 Å². The lowest BCUT2D eigenvalue weighted by molar-refractivity contribution is 0.302. The van der Waals surface area contributed by atoms with Crippen LogP contribution in [0.2, 0.25) is 5.02 Å². The largest absolute Gasteiger partial charge is 0.593 e. The average Bonchev–Trinajstić information content (AvgIpc) is 3.06. The van der Waals surface area contributed by atoms with Crippen LogP contribution in [0.1, 0.15) is 5.82 Å². The molecule has 0 amide bonds. The molecular weight excluding hydrogens is 360 g/mol. The topological polar surface area (TPSA) is 74.1 Å². The van der Waals surface area contributed by atoms with E-state index in [0.29, 0.717) is 28.8 Å². The number of nitrogens with zero attached hydrogens (tertiary/aromatic N) is 4. The summed E-state index contributed by atoms with van der Waals surface area (Å²) < 4.78 is 28.9. The highest BCUT2D eigenvalue weighted by molar-refractivity contribution is 7.95. The predicted octanol–water partition coefficient (Wildman–Crippen LogP) is 3.02. The minimum Gasteiger partial charge on any atom is -0.593 e. The van der Waals surface area contributed by atoms with Crippen molar-refractivity contribution in [2.75, 3.05) is 6.54 Å². The van der Waals surface area contributed by atoms with E-state index >= 15 is 0 Å². The number of hydrogen-bond acceptors (Lipinski definition) is 4. The summed E-state index contributed by atoms with van der Waals surface area (Å²) in [6.45, 7) is 1.09. The molecule has 1 atom stereocenters. The van der Waals surface area contributed by atoms with E-state index in [1.165, 1.54) is 4.31 Å². The van der Waals surface area contributed by atoms with Crippen LogP contribution in [0.4, 0.5) is 0 Å². The number of fused-ring (bicyclic) bond motifs is 1. The van der Waals surface area contributed by atoms with Crippen molar-refractivity contribution in [1.29, 1.82) is 0 Å². The maximum Gasteiger partial charge on any atom is 0.175 e. The smallest absolute Gasteiger partial charge is 0.175 e.